The van der Waals surface area contributed by atoms with Gasteiger partial charge in [0.2, 0.25) is 5.91 Å². The fraction of sp³-hybridized carbons (Fsp3) is 0.150. The average molecular weight is 350 g/mol. The molecule has 0 saturated heterocycles. The van der Waals surface area contributed by atoms with Crippen LogP contribution in [0.4, 0.5) is 5.69 Å². The van der Waals surface area contributed by atoms with E-state index in [1.807, 2.05) is 30.3 Å². The highest BCUT2D eigenvalue weighted by Crippen LogP contribution is 2.44. The van der Waals surface area contributed by atoms with Gasteiger partial charge in [-0.2, -0.15) is 0 Å². The quantitative estimate of drug-likeness (QED) is 0.715. The number of fused-ring (bicyclic) bond motifs is 3. The largest absolute Gasteiger partial charge is 0.467 e. The van der Waals surface area contributed by atoms with E-state index in [2.05, 4.69) is 41.0 Å². The molecule has 0 radical (unpaired) electrons. The molecule has 0 spiro atoms. The van der Waals surface area contributed by atoms with Crippen LogP contribution in [0.2, 0.25) is 0 Å². The summed E-state index contributed by atoms with van der Waals surface area (Å²) in [6.45, 7) is 0.421. The van der Waals surface area contributed by atoms with Crippen molar-refractivity contribution in [3.05, 3.63) is 78.3 Å². The summed E-state index contributed by atoms with van der Waals surface area (Å²) in [5.74, 6) is 1.14. The Bertz CT molecular complexity index is 877. The van der Waals surface area contributed by atoms with E-state index in [-0.39, 0.29) is 11.3 Å². The molecule has 2 heterocycles. The molecule has 25 heavy (non-hydrogen) atoms. The molecule has 1 amide bonds. The van der Waals surface area contributed by atoms with E-state index in [1.54, 1.807) is 18.0 Å². The minimum Gasteiger partial charge on any atom is -0.467 e. The molecule has 0 bridgehead atoms. The Kier molecular flexibility index (Phi) is 4.48. The molecule has 4 nitrogen and oxygen atoms in total. The first-order valence-corrected chi connectivity index (χ1v) is 9.22. The Morgan fingerprint density at radius 2 is 1.84 bits per heavy atom. The Morgan fingerprint density at radius 3 is 2.68 bits per heavy atom. The normalized spacial score (nSPS) is 15.0. The van der Waals surface area contributed by atoms with Gasteiger partial charge >= 0.3 is 0 Å². The van der Waals surface area contributed by atoms with Gasteiger partial charge in [0, 0.05) is 11.3 Å². The molecule has 1 aromatic heterocycles. The lowest BCUT2D eigenvalue weighted by Crippen LogP contribution is -2.25. The standard InChI is InChI=1S/C20H18N2O2S/c23-19(21-12-14-6-5-11-24-14)13-25-20-17-9-2-1-7-15(17)16-8-3-4-10-18(16)22-20/h1-11,20,22H,12-13H2,(H,21,23). The summed E-state index contributed by atoms with van der Waals surface area (Å²) >= 11 is 1.60. The number of nitrogens with one attached hydrogen (secondary N) is 2. The maximum absolute atomic E-state index is 12.1. The summed E-state index contributed by atoms with van der Waals surface area (Å²) in [5.41, 5.74) is 4.75. The highest BCUT2D eigenvalue weighted by molar-refractivity contribution is 8.00. The SMILES string of the molecule is O=C(CSC1Nc2ccccc2-c2ccccc21)NCc1ccco1. The molecule has 1 aliphatic rings. The second kappa shape index (κ2) is 7.07. The Hall–Kier alpha value is -2.66. The lowest BCUT2D eigenvalue weighted by molar-refractivity contribution is -0.118. The van der Waals surface area contributed by atoms with Gasteiger partial charge in [-0.05, 0) is 29.3 Å². The summed E-state index contributed by atoms with van der Waals surface area (Å²) in [6, 6.07) is 20.3. The Morgan fingerprint density at radius 1 is 1.04 bits per heavy atom. The van der Waals surface area contributed by atoms with E-state index in [9.17, 15) is 4.79 Å². The highest BCUT2D eigenvalue weighted by Gasteiger charge is 2.24. The Labute approximate surface area is 150 Å². The molecule has 3 aromatic rings. The number of carbonyl (C=O) groups is 1. The van der Waals surface area contributed by atoms with Crippen molar-refractivity contribution in [2.75, 3.05) is 11.1 Å². The third kappa shape index (κ3) is 3.42. The molecule has 4 rings (SSSR count). The second-order valence-corrected chi connectivity index (χ2v) is 6.92. The van der Waals surface area contributed by atoms with Gasteiger partial charge in [-0.15, -0.1) is 11.8 Å². The maximum Gasteiger partial charge on any atom is 0.230 e. The van der Waals surface area contributed by atoms with Crippen molar-refractivity contribution in [2.45, 2.75) is 11.9 Å². The molecular formula is C20H18N2O2S. The van der Waals surface area contributed by atoms with Crippen LogP contribution in [0.1, 0.15) is 16.7 Å². The lowest BCUT2D eigenvalue weighted by Gasteiger charge is -2.29. The van der Waals surface area contributed by atoms with E-state index in [0.29, 0.717) is 12.3 Å². The summed E-state index contributed by atoms with van der Waals surface area (Å²) in [7, 11) is 0. The van der Waals surface area contributed by atoms with Crippen molar-refractivity contribution in [2.24, 2.45) is 0 Å². The number of carbonyl (C=O) groups excluding carboxylic acids is 1. The molecule has 0 aliphatic carbocycles. The van der Waals surface area contributed by atoms with Crippen LogP contribution in [0.15, 0.2) is 71.3 Å². The number of hydrogen-bond acceptors (Lipinski definition) is 4. The smallest absolute Gasteiger partial charge is 0.230 e. The van der Waals surface area contributed by atoms with E-state index in [1.165, 1.54) is 16.7 Å². The molecule has 2 aromatic carbocycles. The van der Waals surface area contributed by atoms with Crippen LogP contribution in [0, 0.1) is 0 Å². The van der Waals surface area contributed by atoms with Gasteiger partial charge in [-0.1, -0.05) is 42.5 Å². The fourth-order valence-corrected chi connectivity index (χ4v) is 3.99. The van der Waals surface area contributed by atoms with Crippen LogP contribution >= 0.6 is 11.8 Å². The predicted molar refractivity (Wildman–Crippen MR) is 101 cm³/mol. The van der Waals surface area contributed by atoms with Gasteiger partial charge in [-0.25, -0.2) is 0 Å². The first-order valence-electron chi connectivity index (χ1n) is 8.17. The van der Waals surface area contributed by atoms with Crippen molar-refractivity contribution in [3.63, 3.8) is 0 Å². The van der Waals surface area contributed by atoms with E-state index in [4.69, 9.17) is 4.42 Å². The number of anilines is 1. The number of hydrogen-bond donors (Lipinski definition) is 2. The monoisotopic (exact) mass is 350 g/mol. The third-order valence-corrected chi connectivity index (χ3v) is 5.30. The molecular weight excluding hydrogens is 332 g/mol. The van der Waals surface area contributed by atoms with Gasteiger partial charge < -0.3 is 15.1 Å². The first-order chi connectivity index (χ1) is 12.3. The second-order valence-electron chi connectivity index (χ2n) is 5.82. The van der Waals surface area contributed by atoms with Gasteiger partial charge in [0.05, 0.1) is 23.9 Å². The van der Waals surface area contributed by atoms with Crippen molar-refractivity contribution in [1.29, 1.82) is 0 Å². The molecule has 0 fully saturated rings. The molecule has 0 saturated carbocycles. The minimum absolute atomic E-state index is 0.000426. The number of para-hydroxylation sites is 1. The predicted octanol–water partition coefficient (Wildman–Crippen LogP) is 4.42. The van der Waals surface area contributed by atoms with Crippen LogP contribution in [0.5, 0.6) is 0 Å². The van der Waals surface area contributed by atoms with Crippen molar-refractivity contribution in [3.8, 4) is 11.1 Å². The zero-order valence-electron chi connectivity index (χ0n) is 13.6. The zero-order chi connectivity index (χ0) is 17.1. The summed E-state index contributed by atoms with van der Waals surface area (Å²) < 4.78 is 5.23. The van der Waals surface area contributed by atoms with Crippen LogP contribution < -0.4 is 10.6 Å². The highest BCUT2D eigenvalue weighted by atomic mass is 32.2. The fourth-order valence-electron chi connectivity index (χ4n) is 2.97. The molecule has 5 heteroatoms. The lowest BCUT2D eigenvalue weighted by atomic mass is 9.95. The molecule has 1 atom stereocenters. The van der Waals surface area contributed by atoms with Crippen molar-refractivity contribution >= 4 is 23.4 Å². The third-order valence-electron chi connectivity index (χ3n) is 4.17. The van der Waals surface area contributed by atoms with Gasteiger partial charge in [0.25, 0.3) is 0 Å². The number of amides is 1. The molecule has 1 unspecified atom stereocenters. The summed E-state index contributed by atoms with van der Waals surface area (Å²) in [6.07, 6.45) is 1.61. The topological polar surface area (TPSA) is 54.3 Å². The summed E-state index contributed by atoms with van der Waals surface area (Å²) in [5, 5.41) is 6.49. The van der Waals surface area contributed by atoms with E-state index in [0.717, 1.165) is 11.4 Å². The molecule has 2 N–H and O–H groups in total. The number of benzene rings is 2. The maximum atomic E-state index is 12.1. The van der Waals surface area contributed by atoms with Crippen LogP contribution in [-0.4, -0.2) is 11.7 Å². The number of thioether (sulfide) groups is 1. The molecule has 126 valence electrons. The van der Waals surface area contributed by atoms with E-state index < -0.39 is 0 Å². The minimum atomic E-state index is -0.000426. The van der Waals surface area contributed by atoms with Gasteiger partial charge in [-0.3, -0.25) is 4.79 Å². The van der Waals surface area contributed by atoms with Crippen LogP contribution in [-0.2, 0) is 11.3 Å². The first kappa shape index (κ1) is 15.8. The average Bonchev–Trinajstić information content (AvgIpc) is 3.18. The summed E-state index contributed by atoms with van der Waals surface area (Å²) in [4.78, 5) is 12.1. The van der Waals surface area contributed by atoms with Gasteiger partial charge in [0.15, 0.2) is 0 Å². The van der Waals surface area contributed by atoms with E-state index >= 15 is 0 Å². The van der Waals surface area contributed by atoms with Crippen LogP contribution in [0.3, 0.4) is 0 Å². The van der Waals surface area contributed by atoms with Gasteiger partial charge in [0.1, 0.15) is 5.76 Å². The van der Waals surface area contributed by atoms with Crippen molar-refractivity contribution in [1.82, 2.24) is 5.32 Å². The van der Waals surface area contributed by atoms with Crippen LogP contribution in [0.25, 0.3) is 11.1 Å². The van der Waals surface area contributed by atoms with Crippen molar-refractivity contribution < 1.29 is 9.21 Å². The zero-order valence-corrected chi connectivity index (χ0v) is 14.4. The molecule has 1 aliphatic heterocycles. The Balaban J connectivity index is 1.44. The number of rotatable bonds is 5. The number of furan rings is 1.